The SMILES string of the molecule is CC(CCCCCCc1cc(F)c(C=O)c(F)c1)OC(=O)O. The van der Waals surface area contributed by atoms with Crippen LogP contribution in [0.2, 0.25) is 0 Å². The molecule has 0 heterocycles. The summed E-state index contributed by atoms with van der Waals surface area (Å²) in [7, 11) is 0. The van der Waals surface area contributed by atoms with Crippen LogP contribution in [0, 0.1) is 11.6 Å². The zero-order valence-corrected chi connectivity index (χ0v) is 12.5. The minimum absolute atomic E-state index is 0.175. The third kappa shape index (κ3) is 6.20. The Bertz CT molecular complexity index is 494. The van der Waals surface area contributed by atoms with Gasteiger partial charge in [0.2, 0.25) is 0 Å². The van der Waals surface area contributed by atoms with Crippen molar-refractivity contribution in [3.63, 3.8) is 0 Å². The van der Waals surface area contributed by atoms with Crippen molar-refractivity contribution < 1.29 is 28.2 Å². The Kier molecular flexibility index (Phi) is 7.49. The summed E-state index contributed by atoms with van der Waals surface area (Å²) < 4.78 is 31.4. The molecular formula is C16H20F2O4. The standard InChI is InChI=1S/C16H20F2O4/c1-11(22-16(20)21)6-4-2-3-5-7-12-8-14(17)13(10-19)15(18)9-12/h8-11H,2-7H2,1H3,(H,20,21). The van der Waals surface area contributed by atoms with Gasteiger partial charge in [-0.3, -0.25) is 4.79 Å². The van der Waals surface area contributed by atoms with E-state index in [0.717, 1.165) is 25.7 Å². The molecule has 1 rings (SSSR count). The van der Waals surface area contributed by atoms with Gasteiger partial charge in [-0.15, -0.1) is 0 Å². The van der Waals surface area contributed by atoms with Crippen LogP contribution in [0.5, 0.6) is 0 Å². The highest BCUT2D eigenvalue weighted by Gasteiger charge is 2.10. The monoisotopic (exact) mass is 314 g/mol. The third-order valence-electron chi connectivity index (χ3n) is 3.38. The molecule has 0 bridgehead atoms. The van der Waals surface area contributed by atoms with Crippen LogP contribution in [0.1, 0.15) is 54.9 Å². The Hall–Kier alpha value is -1.98. The maximum absolute atomic E-state index is 13.4. The average Bonchev–Trinajstić information content (AvgIpc) is 2.41. The topological polar surface area (TPSA) is 63.6 Å². The molecule has 0 fully saturated rings. The summed E-state index contributed by atoms with van der Waals surface area (Å²) in [4.78, 5) is 20.8. The first kappa shape index (κ1) is 18.1. The van der Waals surface area contributed by atoms with Crippen LogP contribution in [-0.2, 0) is 11.2 Å². The Morgan fingerprint density at radius 3 is 2.36 bits per heavy atom. The van der Waals surface area contributed by atoms with Crippen molar-refractivity contribution in [3.8, 4) is 0 Å². The van der Waals surface area contributed by atoms with E-state index in [9.17, 15) is 18.4 Å². The van der Waals surface area contributed by atoms with E-state index in [1.54, 1.807) is 6.92 Å². The molecule has 0 saturated heterocycles. The summed E-state index contributed by atoms with van der Waals surface area (Å²) in [6, 6.07) is 2.38. The Labute approximate surface area is 128 Å². The van der Waals surface area contributed by atoms with Crippen molar-refractivity contribution in [1.29, 1.82) is 0 Å². The molecule has 1 atom stereocenters. The number of carbonyl (C=O) groups excluding carboxylic acids is 1. The fourth-order valence-corrected chi connectivity index (χ4v) is 2.24. The lowest BCUT2D eigenvalue weighted by molar-refractivity contribution is 0.0547. The number of halogens is 2. The van der Waals surface area contributed by atoms with Gasteiger partial charge in [0, 0.05) is 0 Å². The molecule has 122 valence electrons. The lowest BCUT2D eigenvalue weighted by Gasteiger charge is -2.10. The number of hydrogen-bond donors (Lipinski definition) is 1. The van der Waals surface area contributed by atoms with Crippen LogP contribution in [0.4, 0.5) is 13.6 Å². The molecule has 1 N–H and O–H groups in total. The minimum atomic E-state index is -1.27. The van der Waals surface area contributed by atoms with E-state index < -0.39 is 23.4 Å². The van der Waals surface area contributed by atoms with Crippen LogP contribution in [0.25, 0.3) is 0 Å². The van der Waals surface area contributed by atoms with E-state index in [1.807, 2.05) is 0 Å². The number of rotatable bonds is 9. The molecule has 4 nitrogen and oxygen atoms in total. The highest BCUT2D eigenvalue weighted by Crippen LogP contribution is 2.16. The fourth-order valence-electron chi connectivity index (χ4n) is 2.24. The smallest absolute Gasteiger partial charge is 0.450 e. The Morgan fingerprint density at radius 2 is 1.82 bits per heavy atom. The van der Waals surface area contributed by atoms with Gasteiger partial charge in [-0.2, -0.15) is 0 Å². The van der Waals surface area contributed by atoms with Crippen molar-refractivity contribution >= 4 is 12.4 Å². The van der Waals surface area contributed by atoms with Gasteiger partial charge in [-0.05, 0) is 50.3 Å². The predicted octanol–water partition coefficient (Wildman–Crippen LogP) is 4.35. The van der Waals surface area contributed by atoms with Gasteiger partial charge in [0.15, 0.2) is 6.29 Å². The molecule has 1 unspecified atom stereocenters. The van der Waals surface area contributed by atoms with E-state index in [0.29, 0.717) is 18.4 Å². The molecule has 0 aromatic heterocycles. The van der Waals surface area contributed by atoms with E-state index in [4.69, 9.17) is 5.11 Å². The zero-order chi connectivity index (χ0) is 16.5. The molecule has 0 amide bonds. The maximum Gasteiger partial charge on any atom is 0.506 e. The molecule has 1 aromatic rings. The quantitative estimate of drug-likeness (QED) is 0.418. The van der Waals surface area contributed by atoms with Crippen molar-refractivity contribution in [2.24, 2.45) is 0 Å². The van der Waals surface area contributed by atoms with Gasteiger partial charge in [-0.1, -0.05) is 12.8 Å². The maximum atomic E-state index is 13.4. The molecular weight excluding hydrogens is 294 g/mol. The van der Waals surface area contributed by atoms with Gasteiger partial charge in [0.1, 0.15) is 17.7 Å². The summed E-state index contributed by atoms with van der Waals surface area (Å²) in [6.07, 6.45) is 3.15. The molecule has 0 aliphatic heterocycles. The van der Waals surface area contributed by atoms with Gasteiger partial charge in [-0.25, -0.2) is 13.6 Å². The average molecular weight is 314 g/mol. The second kappa shape index (κ2) is 9.12. The van der Waals surface area contributed by atoms with Gasteiger partial charge in [0.25, 0.3) is 0 Å². The third-order valence-corrected chi connectivity index (χ3v) is 3.38. The van der Waals surface area contributed by atoms with Crippen LogP contribution in [-0.4, -0.2) is 23.7 Å². The number of aldehydes is 1. The number of benzene rings is 1. The van der Waals surface area contributed by atoms with Crippen molar-refractivity contribution in [1.82, 2.24) is 0 Å². The first-order valence-corrected chi connectivity index (χ1v) is 7.26. The first-order valence-electron chi connectivity index (χ1n) is 7.26. The second-order valence-electron chi connectivity index (χ2n) is 5.24. The molecule has 6 heteroatoms. The van der Waals surface area contributed by atoms with Crippen LogP contribution in [0.3, 0.4) is 0 Å². The highest BCUT2D eigenvalue weighted by molar-refractivity contribution is 5.75. The lowest BCUT2D eigenvalue weighted by Crippen LogP contribution is -2.12. The van der Waals surface area contributed by atoms with Crippen LogP contribution >= 0.6 is 0 Å². The number of unbranched alkanes of at least 4 members (excludes halogenated alkanes) is 3. The van der Waals surface area contributed by atoms with Gasteiger partial charge >= 0.3 is 6.16 Å². The minimum Gasteiger partial charge on any atom is -0.450 e. The van der Waals surface area contributed by atoms with Crippen LogP contribution in [0.15, 0.2) is 12.1 Å². The molecule has 0 spiro atoms. The highest BCUT2D eigenvalue weighted by atomic mass is 19.1. The largest absolute Gasteiger partial charge is 0.506 e. The van der Waals surface area contributed by atoms with Crippen LogP contribution < -0.4 is 0 Å². The molecule has 22 heavy (non-hydrogen) atoms. The van der Waals surface area contributed by atoms with Crippen molar-refractivity contribution in [2.75, 3.05) is 0 Å². The first-order chi connectivity index (χ1) is 10.4. The van der Waals surface area contributed by atoms with E-state index in [1.165, 1.54) is 12.1 Å². The Morgan fingerprint density at radius 1 is 1.23 bits per heavy atom. The lowest BCUT2D eigenvalue weighted by atomic mass is 10.0. The van der Waals surface area contributed by atoms with Gasteiger partial charge in [0.05, 0.1) is 5.56 Å². The fraction of sp³-hybridized carbons (Fsp3) is 0.500. The predicted molar refractivity (Wildman–Crippen MR) is 77.1 cm³/mol. The summed E-state index contributed by atoms with van der Waals surface area (Å²) in [5.41, 5.74) is -0.000605. The van der Waals surface area contributed by atoms with E-state index >= 15 is 0 Å². The number of carboxylic acid groups (broad SMARTS) is 1. The summed E-state index contributed by atoms with van der Waals surface area (Å²) >= 11 is 0. The zero-order valence-electron chi connectivity index (χ0n) is 12.5. The summed E-state index contributed by atoms with van der Waals surface area (Å²) in [6.45, 7) is 1.70. The molecule has 0 saturated carbocycles. The number of carbonyl (C=O) groups is 2. The summed E-state index contributed by atoms with van der Waals surface area (Å²) in [5.74, 6) is -1.66. The van der Waals surface area contributed by atoms with Crippen molar-refractivity contribution in [3.05, 3.63) is 34.9 Å². The second-order valence-corrected chi connectivity index (χ2v) is 5.24. The Balaban J connectivity index is 2.25. The van der Waals surface area contributed by atoms with Gasteiger partial charge < -0.3 is 9.84 Å². The van der Waals surface area contributed by atoms with E-state index in [2.05, 4.69) is 4.74 Å². The number of ether oxygens (including phenoxy) is 1. The number of hydrogen-bond acceptors (Lipinski definition) is 3. The van der Waals surface area contributed by atoms with Crippen molar-refractivity contribution in [2.45, 2.75) is 51.6 Å². The normalized spacial score (nSPS) is 12.0. The molecule has 0 aliphatic rings. The molecule has 0 aliphatic carbocycles. The molecule has 0 radical (unpaired) electrons. The number of aryl methyl sites for hydroxylation is 1. The van der Waals surface area contributed by atoms with E-state index in [-0.39, 0.29) is 12.4 Å². The summed E-state index contributed by atoms with van der Waals surface area (Å²) in [5, 5.41) is 8.43. The molecule has 1 aromatic carbocycles.